The van der Waals surface area contributed by atoms with E-state index >= 15 is 0 Å². The molecule has 1 fully saturated rings. The lowest BCUT2D eigenvalue weighted by Gasteiger charge is -2.33. The predicted octanol–water partition coefficient (Wildman–Crippen LogP) is 3.90. The Morgan fingerprint density at radius 3 is 1.73 bits per heavy atom. The lowest BCUT2D eigenvalue weighted by atomic mass is 9.90. The van der Waals surface area contributed by atoms with Gasteiger partial charge in [0.1, 0.15) is 5.85 Å². The van der Waals surface area contributed by atoms with E-state index in [4.69, 9.17) is 0 Å². The van der Waals surface area contributed by atoms with E-state index in [1.165, 1.54) is 6.42 Å². The molecule has 1 saturated carbocycles. The van der Waals surface area contributed by atoms with Crippen LogP contribution in [0.15, 0.2) is 60.7 Å². The minimum Gasteiger partial charge on any atom is -0.384 e. The van der Waals surface area contributed by atoms with Crippen LogP contribution in [0.4, 0.5) is 0 Å². The third kappa shape index (κ3) is 2.91. The van der Waals surface area contributed by atoms with E-state index < -0.39 is 13.0 Å². The molecule has 2 aromatic rings. The summed E-state index contributed by atoms with van der Waals surface area (Å²) in [6.45, 7) is 0. The van der Waals surface area contributed by atoms with Crippen molar-refractivity contribution in [3.8, 4) is 0 Å². The second-order valence-electron chi connectivity index (χ2n) is 6.14. The molecule has 3 rings (SSSR count). The molecular formula is C19H23O2P. The molecule has 0 bridgehead atoms. The summed E-state index contributed by atoms with van der Waals surface area (Å²) in [4.78, 5) is 0. The highest BCUT2D eigenvalue weighted by molar-refractivity contribution is 7.79. The van der Waals surface area contributed by atoms with Gasteiger partial charge in [-0.3, -0.25) is 0 Å². The fraction of sp³-hybridized carbons (Fsp3) is 0.368. The summed E-state index contributed by atoms with van der Waals surface area (Å²) >= 11 is 0. The van der Waals surface area contributed by atoms with Gasteiger partial charge in [0.25, 0.3) is 0 Å². The molecule has 2 nitrogen and oxygen atoms in total. The topological polar surface area (TPSA) is 37.3 Å². The fourth-order valence-electron chi connectivity index (χ4n) is 3.48. The Morgan fingerprint density at radius 1 is 0.818 bits per heavy atom. The standard InChI is InChI=1S/C19H23O2P/c20-19(16-10-4-1-5-11-16)22(21,17-12-6-2-7-13-17)18-14-8-3-9-15-18/h2-3,6-9,12-16,19-20H,1,4-5,10-11H2. The molecule has 0 saturated heterocycles. The Labute approximate surface area is 132 Å². The highest BCUT2D eigenvalue weighted by Crippen LogP contribution is 2.52. The number of hydrogen-bond acceptors (Lipinski definition) is 2. The maximum Gasteiger partial charge on any atom is 0.170 e. The van der Waals surface area contributed by atoms with Gasteiger partial charge in [0.05, 0.1) is 0 Å². The van der Waals surface area contributed by atoms with E-state index in [9.17, 15) is 9.67 Å². The number of hydrogen-bond donors (Lipinski definition) is 1. The third-order valence-corrected chi connectivity index (χ3v) is 8.02. The molecule has 3 heteroatoms. The molecule has 1 aliphatic carbocycles. The summed E-state index contributed by atoms with van der Waals surface area (Å²) in [6, 6.07) is 19.0. The van der Waals surface area contributed by atoms with Gasteiger partial charge in [0.2, 0.25) is 0 Å². The molecule has 116 valence electrons. The van der Waals surface area contributed by atoms with Crippen LogP contribution < -0.4 is 10.6 Å². The minimum absolute atomic E-state index is 0.139. The van der Waals surface area contributed by atoms with Gasteiger partial charge in [0.15, 0.2) is 7.14 Å². The SMILES string of the molecule is O=P(c1ccccc1)(c1ccccc1)C(O)C1CCCCC1. The van der Waals surface area contributed by atoms with Gasteiger partial charge in [-0.2, -0.15) is 0 Å². The Bertz CT molecular complexity index is 589. The second kappa shape index (κ2) is 6.81. The van der Waals surface area contributed by atoms with E-state index in [2.05, 4.69) is 0 Å². The molecule has 0 heterocycles. The van der Waals surface area contributed by atoms with Crippen molar-refractivity contribution < 1.29 is 9.67 Å². The zero-order valence-electron chi connectivity index (χ0n) is 12.8. The first-order chi connectivity index (χ1) is 10.7. The number of aliphatic hydroxyl groups excluding tert-OH is 1. The molecule has 0 aromatic heterocycles. The van der Waals surface area contributed by atoms with Crippen LogP contribution in [0.2, 0.25) is 0 Å². The van der Waals surface area contributed by atoms with Gasteiger partial charge in [-0.1, -0.05) is 79.9 Å². The molecule has 0 spiro atoms. The molecule has 0 radical (unpaired) electrons. The quantitative estimate of drug-likeness (QED) is 0.869. The van der Waals surface area contributed by atoms with E-state index in [0.29, 0.717) is 0 Å². The molecule has 2 aromatic carbocycles. The summed E-state index contributed by atoms with van der Waals surface area (Å²) in [5.41, 5.74) is 0. The third-order valence-electron chi connectivity index (χ3n) is 4.72. The first-order valence-electron chi connectivity index (χ1n) is 8.12. The van der Waals surface area contributed by atoms with Crippen LogP contribution >= 0.6 is 7.14 Å². The Morgan fingerprint density at radius 2 is 1.27 bits per heavy atom. The fourth-order valence-corrected chi connectivity index (χ4v) is 6.51. The number of benzene rings is 2. The van der Waals surface area contributed by atoms with Gasteiger partial charge >= 0.3 is 0 Å². The van der Waals surface area contributed by atoms with Gasteiger partial charge in [-0.05, 0) is 18.8 Å². The smallest absolute Gasteiger partial charge is 0.170 e. The molecular weight excluding hydrogens is 291 g/mol. The number of aliphatic hydroxyl groups is 1. The molecule has 1 unspecified atom stereocenters. The zero-order chi connectivity index (χ0) is 15.4. The van der Waals surface area contributed by atoms with Crippen molar-refractivity contribution in [3.05, 3.63) is 60.7 Å². The summed E-state index contributed by atoms with van der Waals surface area (Å²) in [6.07, 6.45) is 5.44. The van der Waals surface area contributed by atoms with Crippen molar-refractivity contribution in [1.82, 2.24) is 0 Å². The maximum atomic E-state index is 14.0. The van der Waals surface area contributed by atoms with Crippen LogP contribution in [-0.2, 0) is 4.57 Å². The summed E-state index contributed by atoms with van der Waals surface area (Å²) in [5.74, 6) is -0.641. The van der Waals surface area contributed by atoms with Crippen molar-refractivity contribution in [2.24, 2.45) is 5.92 Å². The first kappa shape index (κ1) is 15.5. The van der Waals surface area contributed by atoms with Crippen molar-refractivity contribution >= 4 is 17.8 Å². The second-order valence-corrected chi connectivity index (χ2v) is 9.02. The van der Waals surface area contributed by atoms with Crippen LogP contribution in [0, 0.1) is 5.92 Å². The summed E-state index contributed by atoms with van der Waals surface area (Å²) in [5, 5.41) is 12.6. The van der Waals surface area contributed by atoms with Crippen LogP contribution in [0.1, 0.15) is 32.1 Å². The largest absolute Gasteiger partial charge is 0.384 e. The highest BCUT2D eigenvalue weighted by Gasteiger charge is 2.40. The summed E-state index contributed by atoms with van der Waals surface area (Å²) in [7, 11) is -3.03. The van der Waals surface area contributed by atoms with Crippen molar-refractivity contribution in [3.63, 3.8) is 0 Å². The van der Waals surface area contributed by atoms with Gasteiger partial charge in [-0.15, -0.1) is 0 Å². The Hall–Kier alpha value is -1.37. The van der Waals surface area contributed by atoms with Crippen molar-refractivity contribution in [2.75, 3.05) is 0 Å². The Kier molecular flexibility index (Phi) is 4.81. The highest BCUT2D eigenvalue weighted by atomic mass is 31.2. The average Bonchev–Trinajstić information content (AvgIpc) is 2.62. The van der Waals surface area contributed by atoms with Crippen molar-refractivity contribution in [2.45, 2.75) is 37.9 Å². The lowest BCUT2D eigenvalue weighted by Crippen LogP contribution is -2.32. The predicted molar refractivity (Wildman–Crippen MR) is 92.3 cm³/mol. The van der Waals surface area contributed by atoms with Crippen LogP contribution in [0.5, 0.6) is 0 Å². The zero-order valence-corrected chi connectivity index (χ0v) is 13.7. The first-order valence-corrected chi connectivity index (χ1v) is 9.89. The van der Waals surface area contributed by atoms with Crippen molar-refractivity contribution in [1.29, 1.82) is 0 Å². The Balaban J connectivity index is 2.05. The minimum atomic E-state index is -3.03. The summed E-state index contributed by atoms with van der Waals surface area (Å²) < 4.78 is 14.0. The van der Waals surface area contributed by atoms with E-state index in [1.807, 2.05) is 60.7 Å². The monoisotopic (exact) mass is 314 g/mol. The average molecular weight is 314 g/mol. The van der Waals surface area contributed by atoms with Gasteiger partial charge in [-0.25, -0.2) is 0 Å². The van der Waals surface area contributed by atoms with E-state index in [0.717, 1.165) is 36.3 Å². The maximum absolute atomic E-state index is 14.0. The van der Waals surface area contributed by atoms with Gasteiger partial charge < -0.3 is 9.67 Å². The van der Waals surface area contributed by atoms with Crippen LogP contribution in [0.3, 0.4) is 0 Å². The van der Waals surface area contributed by atoms with E-state index in [1.54, 1.807) is 0 Å². The van der Waals surface area contributed by atoms with E-state index in [-0.39, 0.29) is 5.92 Å². The van der Waals surface area contributed by atoms with Crippen LogP contribution in [-0.4, -0.2) is 11.0 Å². The normalized spacial score (nSPS) is 18.0. The van der Waals surface area contributed by atoms with Gasteiger partial charge in [0, 0.05) is 10.6 Å². The molecule has 1 atom stereocenters. The molecule has 0 amide bonds. The van der Waals surface area contributed by atoms with Crippen LogP contribution in [0.25, 0.3) is 0 Å². The molecule has 0 aliphatic heterocycles. The number of rotatable bonds is 4. The molecule has 22 heavy (non-hydrogen) atoms. The lowest BCUT2D eigenvalue weighted by molar-refractivity contribution is 0.150. The molecule has 1 aliphatic rings. The molecule has 1 N–H and O–H groups in total.